The van der Waals surface area contributed by atoms with Gasteiger partial charge < -0.3 is 10.4 Å². The molecule has 2 unspecified atom stereocenters. The van der Waals surface area contributed by atoms with Crippen LogP contribution in [-0.4, -0.2) is 21.4 Å². The van der Waals surface area contributed by atoms with Gasteiger partial charge in [0.1, 0.15) is 5.82 Å². The van der Waals surface area contributed by atoms with Crippen molar-refractivity contribution in [3.63, 3.8) is 0 Å². The van der Waals surface area contributed by atoms with Gasteiger partial charge in [0.05, 0.1) is 16.8 Å². The smallest absolute Gasteiger partial charge is 0.142 e. The Morgan fingerprint density at radius 2 is 2.09 bits per heavy atom. The number of rotatable bonds is 5. The Morgan fingerprint density at radius 3 is 2.64 bits per heavy atom. The van der Waals surface area contributed by atoms with Gasteiger partial charge in [-0.1, -0.05) is 17.7 Å². The first-order valence-electron chi connectivity index (χ1n) is 7.17. The van der Waals surface area contributed by atoms with Crippen LogP contribution in [-0.2, 0) is 7.05 Å². The van der Waals surface area contributed by atoms with E-state index in [4.69, 9.17) is 11.6 Å². The molecule has 0 saturated heterocycles. The number of aliphatic hydroxyl groups is 1. The van der Waals surface area contributed by atoms with Gasteiger partial charge in [-0.3, -0.25) is 4.68 Å². The summed E-state index contributed by atoms with van der Waals surface area (Å²) in [5, 5.41) is 17.9. The minimum atomic E-state index is -0.800. The third-order valence-corrected chi connectivity index (χ3v) is 4.25. The molecule has 0 aliphatic carbocycles. The highest BCUT2D eigenvalue weighted by atomic mass is 35.5. The fraction of sp³-hybridized carbons (Fsp3) is 0.438. The Hall–Kier alpha value is -1.43. The lowest BCUT2D eigenvalue weighted by atomic mass is 10.1. The van der Waals surface area contributed by atoms with Crippen LogP contribution in [0.1, 0.15) is 41.6 Å². The number of nitrogens with zero attached hydrogens (tertiary/aromatic N) is 2. The van der Waals surface area contributed by atoms with Crippen molar-refractivity contribution in [2.75, 3.05) is 6.54 Å². The maximum absolute atomic E-state index is 13.4. The van der Waals surface area contributed by atoms with E-state index >= 15 is 0 Å². The van der Waals surface area contributed by atoms with E-state index in [-0.39, 0.29) is 11.1 Å². The number of halogens is 2. The van der Waals surface area contributed by atoms with E-state index in [1.54, 1.807) is 6.07 Å². The molecule has 4 nitrogen and oxygen atoms in total. The number of benzene rings is 1. The molecule has 0 amide bonds. The van der Waals surface area contributed by atoms with Crippen LogP contribution in [0.15, 0.2) is 18.2 Å². The van der Waals surface area contributed by atoms with Gasteiger partial charge in [-0.05, 0) is 38.5 Å². The molecule has 2 N–H and O–H groups in total. The topological polar surface area (TPSA) is 50.1 Å². The maximum Gasteiger partial charge on any atom is 0.142 e. The van der Waals surface area contributed by atoms with Crippen LogP contribution < -0.4 is 5.32 Å². The Balaban J connectivity index is 2.04. The summed E-state index contributed by atoms with van der Waals surface area (Å²) in [6, 6.07) is 4.39. The van der Waals surface area contributed by atoms with E-state index in [1.165, 1.54) is 12.1 Å². The van der Waals surface area contributed by atoms with Crippen molar-refractivity contribution in [2.45, 2.75) is 32.9 Å². The number of hydrogen-bond acceptors (Lipinski definition) is 3. The first kappa shape index (κ1) is 16.9. The molecule has 0 bridgehead atoms. The van der Waals surface area contributed by atoms with E-state index in [2.05, 4.69) is 10.4 Å². The quantitative estimate of drug-likeness (QED) is 0.887. The number of hydrogen-bond donors (Lipinski definition) is 2. The summed E-state index contributed by atoms with van der Waals surface area (Å²) in [6.07, 6.45) is -0.800. The largest absolute Gasteiger partial charge is 0.387 e. The molecule has 0 saturated carbocycles. The standard InChI is InChI=1S/C16H21ClFN3O/c1-9(16-10(2)20-21(4)11(16)3)19-8-15(22)12-5-6-13(17)14(18)7-12/h5-7,9,15,19,22H,8H2,1-4H3. The van der Waals surface area contributed by atoms with Crippen LogP contribution in [0, 0.1) is 19.7 Å². The third kappa shape index (κ3) is 3.48. The van der Waals surface area contributed by atoms with Crippen LogP contribution in [0.3, 0.4) is 0 Å². The molecule has 2 atom stereocenters. The molecule has 2 rings (SSSR count). The van der Waals surface area contributed by atoms with Gasteiger partial charge in [0.2, 0.25) is 0 Å². The Morgan fingerprint density at radius 1 is 1.41 bits per heavy atom. The minimum Gasteiger partial charge on any atom is -0.387 e. The lowest BCUT2D eigenvalue weighted by Crippen LogP contribution is -2.25. The zero-order valence-corrected chi connectivity index (χ0v) is 13.9. The Kier molecular flexibility index (Phi) is 5.21. The van der Waals surface area contributed by atoms with Crippen molar-refractivity contribution in [3.05, 3.63) is 51.6 Å². The van der Waals surface area contributed by atoms with Crippen molar-refractivity contribution < 1.29 is 9.50 Å². The zero-order chi connectivity index (χ0) is 16.4. The second-order valence-electron chi connectivity index (χ2n) is 5.53. The predicted octanol–water partition coefficient (Wildman–Crippen LogP) is 3.21. The molecular formula is C16H21ClFN3O. The van der Waals surface area contributed by atoms with Crippen LogP contribution in [0.5, 0.6) is 0 Å². The van der Waals surface area contributed by atoms with Gasteiger partial charge in [-0.15, -0.1) is 0 Å². The average Bonchev–Trinajstić information content (AvgIpc) is 2.72. The second-order valence-corrected chi connectivity index (χ2v) is 5.93. The summed E-state index contributed by atoms with van der Waals surface area (Å²) in [4.78, 5) is 0. The summed E-state index contributed by atoms with van der Waals surface area (Å²) >= 11 is 5.65. The van der Waals surface area contributed by atoms with E-state index in [9.17, 15) is 9.50 Å². The second kappa shape index (κ2) is 6.77. The third-order valence-electron chi connectivity index (χ3n) is 3.94. The highest BCUT2D eigenvalue weighted by Gasteiger charge is 2.17. The number of nitrogens with one attached hydrogen (secondary N) is 1. The molecular weight excluding hydrogens is 305 g/mol. The molecule has 0 spiro atoms. The maximum atomic E-state index is 13.4. The van der Waals surface area contributed by atoms with Gasteiger partial charge in [0.15, 0.2) is 0 Å². The molecule has 1 aromatic heterocycles. The molecule has 0 fully saturated rings. The van der Waals surface area contributed by atoms with Crippen molar-refractivity contribution >= 4 is 11.6 Å². The number of aliphatic hydroxyl groups excluding tert-OH is 1. The highest BCUT2D eigenvalue weighted by Crippen LogP contribution is 2.23. The van der Waals surface area contributed by atoms with Crippen LogP contribution >= 0.6 is 11.6 Å². The van der Waals surface area contributed by atoms with Gasteiger partial charge in [0, 0.05) is 30.9 Å². The van der Waals surface area contributed by atoms with Crippen molar-refractivity contribution in [1.29, 1.82) is 0 Å². The van der Waals surface area contributed by atoms with E-state index in [1.807, 2.05) is 32.5 Å². The minimum absolute atomic E-state index is 0.0421. The van der Waals surface area contributed by atoms with E-state index in [0.29, 0.717) is 12.1 Å². The number of aromatic nitrogens is 2. The molecule has 120 valence electrons. The first-order chi connectivity index (χ1) is 10.3. The summed E-state index contributed by atoms with van der Waals surface area (Å²) in [5.41, 5.74) is 3.68. The lowest BCUT2D eigenvalue weighted by Gasteiger charge is -2.18. The molecule has 22 heavy (non-hydrogen) atoms. The van der Waals surface area contributed by atoms with Gasteiger partial charge in [-0.25, -0.2) is 4.39 Å². The summed E-state index contributed by atoms with van der Waals surface area (Å²) in [7, 11) is 1.91. The average molecular weight is 326 g/mol. The summed E-state index contributed by atoms with van der Waals surface area (Å²) in [5.74, 6) is -0.523. The lowest BCUT2D eigenvalue weighted by molar-refractivity contribution is 0.170. The molecule has 1 aromatic carbocycles. The van der Waals surface area contributed by atoms with E-state index in [0.717, 1.165) is 17.0 Å². The Labute approximate surface area is 134 Å². The monoisotopic (exact) mass is 325 g/mol. The van der Waals surface area contributed by atoms with Crippen LogP contribution in [0.25, 0.3) is 0 Å². The van der Waals surface area contributed by atoms with Gasteiger partial charge in [0.25, 0.3) is 0 Å². The SMILES string of the molecule is Cc1nn(C)c(C)c1C(C)NCC(O)c1ccc(Cl)c(F)c1. The predicted molar refractivity (Wildman–Crippen MR) is 85.5 cm³/mol. The number of aryl methyl sites for hydroxylation is 2. The summed E-state index contributed by atoms with van der Waals surface area (Å²) < 4.78 is 15.3. The van der Waals surface area contributed by atoms with Crippen LogP contribution in [0.2, 0.25) is 5.02 Å². The van der Waals surface area contributed by atoms with Crippen molar-refractivity contribution in [1.82, 2.24) is 15.1 Å². The van der Waals surface area contributed by atoms with Crippen LogP contribution in [0.4, 0.5) is 4.39 Å². The highest BCUT2D eigenvalue weighted by molar-refractivity contribution is 6.30. The van der Waals surface area contributed by atoms with Gasteiger partial charge in [-0.2, -0.15) is 5.10 Å². The van der Waals surface area contributed by atoms with Crippen molar-refractivity contribution in [2.24, 2.45) is 7.05 Å². The van der Waals surface area contributed by atoms with Crippen molar-refractivity contribution in [3.8, 4) is 0 Å². The molecule has 6 heteroatoms. The van der Waals surface area contributed by atoms with Gasteiger partial charge >= 0.3 is 0 Å². The fourth-order valence-corrected chi connectivity index (χ4v) is 2.76. The Bertz CT molecular complexity index is 672. The fourth-order valence-electron chi connectivity index (χ4n) is 2.64. The molecule has 0 radical (unpaired) electrons. The molecule has 0 aliphatic heterocycles. The normalized spacial score (nSPS) is 14.1. The zero-order valence-electron chi connectivity index (χ0n) is 13.2. The molecule has 2 aromatic rings. The molecule has 0 aliphatic rings. The molecule has 1 heterocycles. The summed E-state index contributed by atoms with van der Waals surface area (Å²) in [6.45, 7) is 6.31. The first-order valence-corrected chi connectivity index (χ1v) is 7.55. The van der Waals surface area contributed by atoms with E-state index < -0.39 is 11.9 Å².